The maximum absolute atomic E-state index is 11.3. The zero-order valence-electron chi connectivity index (χ0n) is 13.6. The van der Waals surface area contributed by atoms with Crippen molar-refractivity contribution in [3.63, 3.8) is 0 Å². The van der Waals surface area contributed by atoms with E-state index in [-0.39, 0.29) is 0 Å². The fourth-order valence-electron chi connectivity index (χ4n) is 2.46. The lowest BCUT2D eigenvalue weighted by Crippen LogP contribution is -2.10. The lowest BCUT2D eigenvalue weighted by Gasteiger charge is -2.06. The van der Waals surface area contributed by atoms with Gasteiger partial charge < -0.3 is 10.3 Å². The van der Waals surface area contributed by atoms with Crippen LogP contribution in [-0.4, -0.2) is 20.7 Å². The minimum Gasteiger partial charge on any atom is -0.366 e. The van der Waals surface area contributed by atoms with Crippen LogP contribution >= 0.6 is 11.8 Å². The smallest absolute Gasteiger partial charge is 0.248 e. The van der Waals surface area contributed by atoms with Gasteiger partial charge in [-0.3, -0.25) is 4.79 Å². The second kappa shape index (κ2) is 6.88. The molecule has 24 heavy (non-hydrogen) atoms. The minimum atomic E-state index is -0.414. The number of rotatable bonds is 5. The number of carbonyl (C=O) groups excluding carboxylic acids is 1. The van der Waals surface area contributed by atoms with Gasteiger partial charge in [0.25, 0.3) is 0 Å². The van der Waals surface area contributed by atoms with E-state index in [0.29, 0.717) is 11.3 Å². The fourth-order valence-corrected chi connectivity index (χ4v) is 3.32. The van der Waals surface area contributed by atoms with Crippen LogP contribution in [0, 0.1) is 6.92 Å². The second-order valence-electron chi connectivity index (χ2n) is 5.53. The standard InChI is InChI=1S/C18H18N4OS/c1-12-6-3-4-9-15(12)17-20-21-18(22(17)2)24-11-13-7-5-8-14(10-13)16(19)23/h3-10H,11H2,1-2H3,(H2,19,23). The van der Waals surface area contributed by atoms with Crippen LogP contribution in [0.5, 0.6) is 0 Å². The van der Waals surface area contributed by atoms with E-state index in [1.165, 1.54) is 5.56 Å². The molecule has 1 amide bonds. The fraction of sp³-hybridized carbons (Fsp3) is 0.167. The van der Waals surface area contributed by atoms with E-state index in [1.54, 1.807) is 17.8 Å². The molecular formula is C18H18N4OS. The van der Waals surface area contributed by atoms with Gasteiger partial charge in [0.15, 0.2) is 11.0 Å². The number of aryl methyl sites for hydroxylation is 1. The third kappa shape index (κ3) is 3.33. The Labute approximate surface area is 144 Å². The number of amides is 1. The SMILES string of the molecule is Cc1ccccc1-c1nnc(SCc2cccc(C(N)=O)c2)n1C. The summed E-state index contributed by atoms with van der Waals surface area (Å²) in [7, 11) is 1.96. The molecular weight excluding hydrogens is 320 g/mol. The number of primary amides is 1. The number of thioether (sulfide) groups is 1. The van der Waals surface area contributed by atoms with Crippen molar-refractivity contribution in [1.82, 2.24) is 14.8 Å². The quantitative estimate of drug-likeness (QED) is 0.725. The highest BCUT2D eigenvalue weighted by atomic mass is 32.2. The minimum absolute atomic E-state index is 0.414. The molecule has 5 nitrogen and oxygen atoms in total. The molecule has 3 rings (SSSR count). The van der Waals surface area contributed by atoms with Gasteiger partial charge in [-0.1, -0.05) is 48.2 Å². The first kappa shape index (κ1) is 16.3. The van der Waals surface area contributed by atoms with E-state index in [9.17, 15) is 4.79 Å². The molecule has 0 fully saturated rings. The van der Waals surface area contributed by atoms with Crippen molar-refractivity contribution >= 4 is 17.7 Å². The molecule has 2 N–H and O–H groups in total. The third-order valence-electron chi connectivity index (χ3n) is 3.80. The van der Waals surface area contributed by atoms with E-state index in [1.807, 2.05) is 48.0 Å². The van der Waals surface area contributed by atoms with Gasteiger partial charge >= 0.3 is 0 Å². The van der Waals surface area contributed by atoms with Gasteiger partial charge in [0.2, 0.25) is 5.91 Å². The molecule has 0 aliphatic heterocycles. The van der Waals surface area contributed by atoms with Crippen LogP contribution in [0.3, 0.4) is 0 Å². The summed E-state index contributed by atoms with van der Waals surface area (Å²) >= 11 is 1.58. The van der Waals surface area contributed by atoms with Crippen molar-refractivity contribution in [2.75, 3.05) is 0 Å². The zero-order valence-corrected chi connectivity index (χ0v) is 14.4. The molecule has 0 radical (unpaired) electrons. The Bertz CT molecular complexity index is 888. The second-order valence-corrected chi connectivity index (χ2v) is 6.48. The first-order chi connectivity index (χ1) is 11.6. The van der Waals surface area contributed by atoms with E-state index in [2.05, 4.69) is 23.2 Å². The summed E-state index contributed by atoms with van der Waals surface area (Å²) in [5.74, 6) is 1.13. The molecule has 6 heteroatoms. The van der Waals surface area contributed by atoms with Crippen molar-refractivity contribution in [3.8, 4) is 11.4 Å². The van der Waals surface area contributed by atoms with E-state index in [4.69, 9.17) is 5.73 Å². The molecule has 122 valence electrons. The van der Waals surface area contributed by atoms with Gasteiger partial charge in [0, 0.05) is 23.9 Å². The highest BCUT2D eigenvalue weighted by molar-refractivity contribution is 7.98. The predicted octanol–water partition coefficient (Wildman–Crippen LogP) is 3.18. The van der Waals surface area contributed by atoms with Crippen molar-refractivity contribution < 1.29 is 4.79 Å². The summed E-state index contributed by atoms with van der Waals surface area (Å²) in [5, 5.41) is 9.44. The summed E-state index contributed by atoms with van der Waals surface area (Å²) in [6.07, 6.45) is 0. The average Bonchev–Trinajstić information content (AvgIpc) is 2.94. The van der Waals surface area contributed by atoms with Crippen molar-refractivity contribution in [3.05, 3.63) is 65.2 Å². The predicted molar refractivity (Wildman–Crippen MR) is 95.7 cm³/mol. The third-order valence-corrected chi connectivity index (χ3v) is 4.89. The molecule has 0 saturated heterocycles. The van der Waals surface area contributed by atoms with Gasteiger partial charge in [-0.05, 0) is 30.2 Å². The first-order valence-electron chi connectivity index (χ1n) is 7.53. The number of aromatic nitrogens is 3. The average molecular weight is 338 g/mol. The number of nitrogens with two attached hydrogens (primary N) is 1. The molecule has 0 bridgehead atoms. The van der Waals surface area contributed by atoms with Gasteiger partial charge in [-0.2, -0.15) is 0 Å². The largest absolute Gasteiger partial charge is 0.366 e. The molecule has 0 unspecified atom stereocenters. The number of benzene rings is 2. The van der Waals surface area contributed by atoms with E-state index >= 15 is 0 Å². The highest BCUT2D eigenvalue weighted by Crippen LogP contribution is 2.27. The maximum Gasteiger partial charge on any atom is 0.248 e. The number of carbonyl (C=O) groups is 1. The summed E-state index contributed by atoms with van der Waals surface area (Å²) in [6, 6.07) is 15.5. The Hall–Kier alpha value is -2.60. The van der Waals surface area contributed by atoms with Crippen molar-refractivity contribution in [2.24, 2.45) is 12.8 Å². The molecule has 2 aromatic carbocycles. The van der Waals surface area contributed by atoms with Crippen LogP contribution < -0.4 is 5.73 Å². The van der Waals surface area contributed by atoms with Crippen molar-refractivity contribution in [2.45, 2.75) is 17.8 Å². The summed E-state index contributed by atoms with van der Waals surface area (Å²) in [6.45, 7) is 2.06. The van der Waals surface area contributed by atoms with Crippen LogP contribution in [0.15, 0.2) is 53.7 Å². The van der Waals surface area contributed by atoms with Crippen LogP contribution in [0.2, 0.25) is 0 Å². The number of hydrogen-bond donors (Lipinski definition) is 1. The summed E-state index contributed by atoms with van der Waals surface area (Å²) in [4.78, 5) is 11.3. The zero-order chi connectivity index (χ0) is 17.1. The molecule has 0 aliphatic carbocycles. The Morgan fingerprint density at radius 3 is 2.71 bits per heavy atom. The van der Waals surface area contributed by atoms with Crippen molar-refractivity contribution in [1.29, 1.82) is 0 Å². The van der Waals surface area contributed by atoms with Gasteiger partial charge in [0.05, 0.1) is 0 Å². The normalized spacial score (nSPS) is 10.8. The molecule has 3 aromatic rings. The molecule has 0 aliphatic rings. The monoisotopic (exact) mass is 338 g/mol. The molecule has 0 spiro atoms. The van der Waals surface area contributed by atoms with Gasteiger partial charge in [-0.25, -0.2) is 0 Å². The Morgan fingerprint density at radius 1 is 1.17 bits per heavy atom. The summed E-state index contributed by atoms with van der Waals surface area (Å²) in [5.41, 5.74) is 9.11. The van der Waals surface area contributed by atoms with Gasteiger partial charge in [-0.15, -0.1) is 10.2 Å². The van der Waals surface area contributed by atoms with Crippen LogP contribution in [0.4, 0.5) is 0 Å². The summed E-state index contributed by atoms with van der Waals surface area (Å²) < 4.78 is 1.99. The Morgan fingerprint density at radius 2 is 1.96 bits per heavy atom. The van der Waals surface area contributed by atoms with Crippen LogP contribution in [0.1, 0.15) is 21.5 Å². The highest BCUT2D eigenvalue weighted by Gasteiger charge is 2.13. The number of nitrogens with zero attached hydrogens (tertiary/aromatic N) is 3. The lowest BCUT2D eigenvalue weighted by molar-refractivity contribution is 0.1000. The van der Waals surface area contributed by atoms with Crippen LogP contribution in [-0.2, 0) is 12.8 Å². The first-order valence-corrected chi connectivity index (χ1v) is 8.52. The lowest BCUT2D eigenvalue weighted by atomic mass is 10.1. The molecule has 0 atom stereocenters. The maximum atomic E-state index is 11.3. The Kier molecular flexibility index (Phi) is 4.66. The Balaban J connectivity index is 1.79. The van der Waals surface area contributed by atoms with Crippen LogP contribution in [0.25, 0.3) is 11.4 Å². The number of hydrogen-bond acceptors (Lipinski definition) is 4. The topological polar surface area (TPSA) is 73.8 Å². The van der Waals surface area contributed by atoms with E-state index < -0.39 is 5.91 Å². The van der Waals surface area contributed by atoms with Gasteiger partial charge in [0.1, 0.15) is 0 Å². The molecule has 0 saturated carbocycles. The molecule has 1 heterocycles. The van der Waals surface area contributed by atoms with E-state index in [0.717, 1.165) is 22.1 Å². The molecule has 1 aromatic heterocycles.